The minimum Gasteiger partial charge on any atom is -0.320 e. The number of aromatic nitrogens is 1. The van der Waals surface area contributed by atoms with Gasteiger partial charge in [0.05, 0.1) is 10.6 Å². The van der Waals surface area contributed by atoms with Crippen LogP contribution in [0.5, 0.6) is 0 Å². The first-order valence-corrected chi connectivity index (χ1v) is 9.10. The lowest BCUT2D eigenvalue weighted by molar-refractivity contribution is -0.384. The van der Waals surface area contributed by atoms with Crippen molar-refractivity contribution < 1.29 is 4.92 Å². The van der Waals surface area contributed by atoms with E-state index in [9.17, 15) is 20.2 Å². The topological polar surface area (TPSA) is 99.8 Å². The molecule has 0 spiro atoms. The van der Waals surface area contributed by atoms with Crippen molar-refractivity contribution in [2.45, 2.75) is 19.3 Å². The predicted molar refractivity (Wildman–Crippen MR) is 106 cm³/mol. The zero-order chi connectivity index (χ0) is 19.8. The summed E-state index contributed by atoms with van der Waals surface area (Å²) in [5.74, 6) is 0. The van der Waals surface area contributed by atoms with E-state index >= 15 is 0 Å². The molecule has 4 rings (SSSR count). The van der Waals surface area contributed by atoms with Gasteiger partial charge in [-0.25, -0.2) is 0 Å². The fourth-order valence-corrected chi connectivity index (χ4v) is 3.87. The van der Waals surface area contributed by atoms with E-state index in [-0.39, 0.29) is 11.3 Å². The number of H-pyrrole nitrogens is 1. The number of pyridine rings is 1. The Labute approximate surface area is 165 Å². The van der Waals surface area contributed by atoms with Crippen molar-refractivity contribution in [2.75, 3.05) is 0 Å². The number of aromatic amines is 1. The molecule has 0 atom stereocenters. The maximum atomic E-state index is 12.7. The van der Waals surface area contributed by atoms with Crippen LogP contribution >= 0.6 is 11.6 Å². The monoisotopic (exact) mass is 391 g/mol. The Hall–Kier alpha value is -3.43. The van der Waals surface area contributed by atoms with E-state index in [1.54, 1.807) is 30.3 Å². The maximum absolute atomic E-state index is 12.7. The molecule has 1 aliphatic rings. The first-order chi connectivity index (χ1) is 13.5. The second-order valence-corrected chi connectivity index (χ2v) is 7.06. The van der Waals surface area contributed by atoms with Crippen LogP contribution in [-0.4, -0.2) is 9.91 Å². The molecule has 7 heteroatoms. The molecule has 0 fully saturated rings. The number of nitro benzene ring substituents is 1. The lowest BCUT2D eigenvalue weighted by Crippen LogP contribution is -2.16. The largest absolute Gasteiger partial charge is 0.320 e. The number of non-ortho nitro benzene ring substituents is 1. The summed E-state index contributed by atoms with van der Waals surface area (Å²) in [6.45, 7) is 0. The number of nitriles is 1. The third-order valence-electron chi connectivity index (χ3n) is 5.01. The number of rotatable bonds is 2. The predicted octanol–water partition coefficient (Wildman–Crippen LogP) is 4.63. The number of fused-ring (bicyclic) bond motifs is 3. The van der Waals surface area contributed by atoms with Gasteiger partial charge in [-0.15, -0.1) is 0 Å². The maximum Gasteiger partial charge on any atom is 0.270 e. The van der Waals surface area contributed by atoms with E-state index in [2.05, 4.69) is 4.98 Å². The molecule has 0 radical (unpaired) electrons. The van der Waals surface area contributed by atoms with Gasteiger partial charge in [0, 0.05) is 28.3 Å². The number of benzene rings is 2. The third-order valence-corrected chi connectivity index (χ3v) is 5.26. The summed E-state index contributed by atoms with van der Waals surface area (Å²) in [4.78, 5) is 26.3. The number of nitrogens with one attached hydrogen (secondary N) is 1. The number of nitro groups is 1. The van der Waals surface area contributed by atoms with Gasteiger partial charge in [0.25, 0.3) is 11.2 Å². The van der Waals surface area contributed by atoms with Crippen LogP contribution in [0.2, 0.25) is 5.02 Å². The first kappa shape index (κ1) is 18.0. The summed E-state index contributed by atoms with van der Waals surface area (Å²) in [6.07, 6.45) is 2.17. The molecule has 3 aromatic rings. The Morgan fingerprint density at radius 2 is 1.89 bits per heavy atom. The normalized spacial score (nSPS) is 12.4. The van der Waals surface area contributed by atoms with Crippen LogP contribution in [0.3, 0.4) is 0 Å². The van der Waals surface area contributed by atoms with Gasteiger partial charge >= 0.3 is 0 Å². The van der Waals surface area contributed by atoms with Crippen LogP contribution < -0.4 is 5.56 Å². The second kappa shape index (κ2) is 6.95. The number of hydrogen-bond acceptors (Lipinski definition) is 4. The molecule has 0 bridgehead atoms. The second-order valence-electron chi connectivity index (χ2n) is 6.63. The molecule has 1 aliphatic carbocycles. The van der Waals surface area contributed by atoms with Crippen molar-refractivity contribution in [3.63, 3.8) is 0 Å². The molecule has 1 aromatic heterocycles. The lowest BCUT2D eigenvalue weighted by atomic mass is 9.91. The first-order valence-electron chi connectivity index (χ1n) is 8.72. The number of hydrogen-bond donors (Lipinski definition) is 1. The molecule has 1 N–H and O–H groups in total. The Bertz CT molecular complexity index is 1210. The third kappa shape index (κ3) is 2.96. The summed E-state index contributed by atoms with van der Waals surface area (Å²) >= 11 is 5.99. The molecule has 0 aliphatic heterocycles. The van der Waals surface area contributed by atoms with Crippen LogP contribution in [0.25, 0.3) is 22.4 Å². The molecule has 0 saturated heterocycles. The molecule has 2 aromatic carbocycles. The quantitative estimate of drug-likeness (QED) is 0.508. The number of halogens is 1. The minimum absolute atomic E-state index is 0.0370. The van der Waals surface area contributed by atoms with Crippen LogP contribution in [0.4, 0.5) is 5.69 Å². The fraction of sp³-hybridized carbons (Fsp3) is 0.143. The Kier molecular flexibility index (Phi) is 4.46. The number of nitrogens with zero attached hydrogens (tertiary/aromatic N) is 2. The highest BCUT2D eigenvalue weighted by molar-refractivity contribution is 6.30. The highest BCUT2D eigenvalue weighted by Gasteiger charge is 2.24. The summed E-state index contributed by atoms with van der Waals surface area (Å²) in [6, 6.07) is 13.7. The molecule has 138 valence electrons. The van der Waals surface area contributed by atoms with Crippen molar-refractivity contribution in [1.29, 1.82) is 5.26 Å². The van der Waals surface area contributed by atoms with Gasteiger partial charge in [-0.1, -0.05) is 29.8 Å². The van der Waals surface area contributed by atoms with E-state index < -0.39 is 10.5 Å². The molecule has 0 saturated carbocycles. The van der Waals surface area contributed by atoms with Crippen LogP contribution in [0, 0.1) is 21.4 Å². The molecule has 0 amide bonds. The van der Waals surface area contributed by atoms with E-state index in [1.807, 2.05) is 6.07 Å². The number of aryl methyl sites for hydroxylation is 1. The van der Waals surface area contributed by atoms with Crippen molar-refractivity contribution in [3.8, 4) is 28.5 Å². The summed E-state index contributed by atoms with van der Waals surface area (Å²) < 4.78 is 0. The average molecular weight is 392 g/mol. The van der Waals surface area contributed by atoms with E-state index in [0.29, 0.717) is 28.3 Å². The molecule has 0 unspecified atom stereocenters. The van der Waals surface area contributed by atoms with E-state index in [0.717, 1.165) is 29.5 Å². The van der Waals surface area contributed by atoms with Gasteiger partial charge in [0.2, 0.25) is 0 Å². The summed E-state index contributed by atoms with van der Waals surface area (Å²) in [7, 11) is 0. The Morgan fingerprint density at radius 1 is 1.14 bits per heavy atom. The minimum atomic E-state index is -0.509. The van der Waals surface area contributed by atoms with E-state index in [4.69, 9.17) is 11.6 Å². The van der Waals surface area contributed by atoms with Crippen molar-refractivity contribution in [3.05, 3.63) is 84.6 Å². The molecular weight excluding hydrogens is 378 g/mol. The van der Waals surface area contributed by atoms with Gasteiger partial charge in [0.15, 0.2) is 0 Å². The summed E-state index contributed by atoms with van der Waals surface area (Å²) in [5.41, 5.74) is 3.72. The molecular formula is C21H14ClN3O3. The average Bonchev–Trinajstić information content (AvgIpc) is 2.86. The smallest absolute Gasteiger partial charge is 0.270 e. The molecule has 1 heterocycles. The van der Waals surface area contributed by atoms with Crippen molar-refractivity contribution in [1.82, 2.24) is 4.98 Å². The highest BCUT2D eigenvalue weighted by Crippen LogP contribution is 2.38. The van der Waals surface area contributed by atoms with Gasteiger partial charge in [0.1, 0.15) is 11.6 Å². The highest BCUT2D eigenvalue weighted by atomic mass is 35.5. The zero-order valence-electron chi connectivity index (χ0n) is 14.7. The standard InChI is InChI=1S/C21H14ClN3O3/c22-14-7-4-13(5-8-14)19-16-3-1-2-12-6-9-15(25(27)28)10-17(12)20(16)24-21(26)18(19)11-23/h4-10H,1-3H2,(H,24,26). The van der Waals surface area contributed by atoms with Gasteiger partial charge in [-0.05, 0) is 48.1 Å². The van der Waals surface area contributed by atoms with Gasteiger partial charge in [-0.2, -0.15) is 5.26 Å². The SMILES string of the molecule is N#Cc1c(-c2ccc(Cl)cc2)c2c([nH]c1=O)-c1cc([N+](=O)[O-])ccc1CCC2. The van der Waals surface area contributed by atoms with Crippen molar-refractivity contribution >= 4 is 17.3 Å². The zero-order valence-corrected chi connectivity index (χ0v) is 15.4. The lowest BCUT2D eigenvalue weighted by Gasteiger charge is -2.15. The Morgan fingerprint density at radius 3 is 2.57 bits per heavy atom. The van der Waals surface area contributed by atoms with Gasteiger partial charge < -0.3 is 4.98 Å². The van der Waals surface area contributed by atoms with Crippen LogP contribution in [-0.2, 0) is 12.8 Å². The molecule has 6 nitrogen and oxygen atoms in total. The molecule has 28 heavy (non-hydrogen) atoms. The van der Waals surface area contributed by atoms with Gasteiger partial charge in [-0.3, -0.25) is 14.9 Å². The summed E-state index contributed by atoms with van der Waals surface area (Å²) in [5, 5.41) is 21.4. The Balaban J connectivity index is 2.07. The van der Waals surface area contributed by atoms with Crippen LogP contribution in [0.1, 0.15) is 23.1 Å². The van der Waals surface area contributed by atoms with Crippen molar-refractivity contribution in [2.24, 2.45) is 0 Å². The fourth-order valence-electron chi connectivity index (χ4n) is 3.75. The van der Waals surface area contributed by atoms with Crippen LogP contribution in [0.15, 0.2) is 47.3 Å². The van der Waals surface area contributed by atoms with E-state index in [1.165, 1.54) is 12.1 Å².